The fourth-order valence-corrected chi connectivity index (χ4v) is 2.81. The summed E-state index contributed by atoms with van der Waals surface area (Å²) in [5.41, 5.74) is 4.75. The van der Waals surface area contributed by atoms with E-state index < -0.39 is 0 Å². The van der Waals surface area contributed by atoms with Crippen LogP contribution in [0.1, 0.15) is 48.9 Å². The molecule has 1 saturated carbocycles. The average Bonchev–Trinajstić information content (AvgIpc) is 3.42. The Balaban J connectivity index is 1.86. The maximum absolute atomic E-state index is 8.94. The molecule has 1 aromatic carbocycles. The van der Waals surface area contributed by atoms with Crippen LogP contribution in [0.25, 0.3) is 0 Å². The zero-order chi connectivity index (χ0) is 16.9. The summed E-state index contributed by atoms with van der Waals surface area (Å²) in [5.74, 6) is 2.04. The zero-order valence-electron chi connectivity index (χ0n) is 14.5. The molecule has 0 aliphatic heterocycles. The van der Waals surface area contributed by atoms with Crippen LogP contribution >= 0.6 is 0 Å². The van der Waals surface area contributed by atoms with E-state index in [1.54, 1.807) is 0 Å². The van der Waals surface area contributed by atoms with Crippen molar-refractivity contribution in [1.82, 2.24) is 9.97 Å². The first kappa shape index (κ1) is 16.7. The summed E-state index contributed by atoms with van der Waals surface area (Å²) in [6, 6.07) is 8.43. The van der Waals surface area contributed by atoms with Crippen molar-refractivity contribution in [3.8, 4) is 0 Å². The second-order valence-electron chi connectivity index (χ2n) is 6.37. The smallest absolute Gasteiger partial charge is 0.224 e. The molecule has 0 atom stereocenters. The number of para-hydroxylation sites is 1. The average molecular weight is 326 g/mol. The molecule has 24 heavy (non-hydrogen) atoms. The molecule has 5 heteroatoms. The lowest BCUT2D eigenvalue weighted by molar-refractivity contribution is 0.292. The molecule has 0 saturated heterocycles. The van der Waals surface area contributed by atoms with Crippen LogP contribution in [0.5, 0.6) is 0 Å². The first-order valence-corrected chi connectivity index (χ1v) is 8.80. The van der Waals surface area contributed by atoms with Gasteiger partial charge in [0.2, 0.25) is 5.95 Å². The van der Waals surface area contributed by atoms with Crippen molar-refractivity contribution >= 4 is 17.5 Å². The monoisotopic (exact) mass is 326 g/mol. The fraction of sp³-hybridized carbons (Fsp3) is 0.474. The van der Waals surface area contributed by atoms with E-state index in [2.05, 4.69) is 58.7 Å². The van der Waals surface area contributed by atoms with E-state index in [1.807, 2.05) is 0 Å². The highest BCUT2D eigenvalue weighted by atomic mass is 16.3. The van der Waals surface area contributed by atoms with Gasteiger partial charge in [-0.2, -0.15) is 4.98 Å². The van der Waals surface area contributed by atoms with Gasteiger partial charge < -0.3 is 15.7 Å². The van der Waals surface area contributed by atoms with Crippen molar-refractivity contribution in [2.75, 3.05) is 23.8 Å². The Labute approximate surface area is 143 Å². The van der Waals surface area contributed by atoms with Crippen molar-refractivity contribution in [3.63, 3.8) is 0 Å². The van der Waals surface area contributed by atoms with E-state index in [0.717, 1.165) is 23.6 Å². The maximum atomic E-state index is 8.94. The lowest BCUT2D eigenvalue weighted by Gasteiger charge is -2.15. The van der Waals surface area contributed by atoms with Gasteiger partial charge >= 0.3 is 0 Å². The highest BCUT2D eigenvalue weighted by Crippen LogP contribution is 2.40. The minimum absolute atomic E-state index is 0.170. The Morgan fingerprint density at radius 2 is 2.08 bits per heavy atom. The summed E-state index contributed by atoms with van der Waals surface area (Å²) < 4.78 is 0. The fourth-order valence-electron chi connectivity index (χ4n) is 2.81. The van der Waals surface area contributed by atoms with Gasteiger partial charge in [0.15, 0.2) is 0 Å². The number of aryl methyl sites for hydroxylation is 2. The third kappa shape index (κ3) is 4.03. The van der Waals surface area contributed by atoms with Crippen molar-refractivity contribution < 1.29 is 5.11 Å². The molecule has 0 unspecified atom stereocenters. The van der Waals surface area contributed by atoms with Crippen LogP contribution in [-0.4, -0.2) is 28.2 Å². The maximum Gasteiger partial charge on any atom is 0.224 e. The Morgan fingerprint density at radius 1 is 1.25 bits per heavy atom. The summed E-state index contributed by atoms with van der Waals surface area (Å²) in [5, 5.41) is 15.7. The van der Waals surface area contributed by atoms with Crippen molar-refractivity contribution in [3.05, 3.63) is 41.1 Å². The molecule has 1 heterocycles. The number of nitrogens with zero attached hydrogens (tertiary/aromatic N) is 2. The Hall–Kier alpha value is -2.14. The summed E-state index contributed by atoms with van der Waals surface area (Å²) in [6.45, 7) is 5.13. The molecule has 0 amide bonds. The summed E-state index contributed by atoms with van der Waals surface area (Å²) >= 11 is 0. The van der Waals surface area contributed by atoms with Crippen molar-refractivity contribution in [1.29, 1.82) is 0 Å². The van der Waals surface area contributed by atoms with E-state index in [1.165, 1.54) is 24.0 Å². The molecule has 5 nitrogen and oxygen atoms in total. The largest absolute Gasteiger partial charge is 0.396 e. The van der Waals surface area contributed by atoms with Gasteiger partial charge in [0.25, 0.3) is 0 Å². The summed E-state index contributed by atoms with van der Waals surface area (Å²) in [6.07, 6.45) is 4.08. The predicted octanol–water partition coefficient (Wildman–Crippen LogP) is 3.76. The van der Waals surface area contributed by atoms with Crippen molar-refractivity contribution in [2.24, 2.45) is 0 Å². The Bertz CT molecular complexity index is 698. The molecule has 1 aromatic heterocycles. The van der Waals surface area contributed by atoms with Crippen LogP contribution in [0, 0.1) is 6.92 Å². The van der Waals surface area contributed by atoms with Gasteiger partial charge in [-0.15, -0.1) is 0 Å². The van der Waals surface area contributed by atoms with Crippen LogP contribution in [0.2, 0.25) is 0 Å². The number of rotatable bonds is 8. The van der Waals surface area contributed by atoms with E-state index in [9.17, 15) is 0 Å². The van der Waals surface area contributed by atoms with Gasteiger partial charge in [-0.1, -0.05) is 25.1 Å². The van der Waals surface area contributed by atoms with Gasteiger partial charge in [0.1, 0.15) is 5.82 Å². The normalized spacial score (nSPS) is 13.8. The number of hydrogen-bond donors (Lipinski definition) is 3. The second kappa shape index (κ2) is 7.62. The van der Waals surface area contributed by atoms with Gasteiger partial charge in [0.05, 0.1) is 5.69 Å². The third-order valence-electron chi connectivity index (χ3n) is 4.35. The van der Waals surface area contributed by atoms with Gasteiger partial charge in [-0.05, 0) is 43.7 Å². The molecule has 0 radical (unpaired) electrons. The minimum atomic E-state index is 0.170. The van der Waals surface area contributed by atoms with Gasteiger partial charge in [-0.3, -0.25) is 0 Å². The molecule has 1 aliphatic carbocycles. The number of aliphatic hydroxyl groups excluding tert-OH is 1. The zero-order valence-corrected chi connectivity index (χ0v) is 14.5. The van der Waals surface area contributed by atoms with Crippen LogP contribution < -0.4 is 10.6 Å². The number of aromatic nitrogens is 2. The lowest BCUT2D eigenvalue weighted by atomic mass is 10.1. The number of aliphatic hydroxyl groups is 1. The lowest BCUT2D eigenvalue weighted by Crippen LogP contribution is -2.10. The van der Waals surface area contributed by atoms with Gasteiger partial charge in [-0.25, -0.2) is 4.98 Å². The molecule has 0 bridgehead atoms. The van der Waals surface area contributed by atoms with E-state index in [-0.39, 0.29) is 6.61 Å². The second-order valence-corrected chi connectivity index (χ2v) is 6.37. The minimum Gasteiger partial charge on any atom is -0.396 e. The van der Waals surface area contributed by atoms with Gasteiger partial charge in [0, 0.05) is 30.8 Å². The van der Waals surface area contributed by atoms with E-state index in [4.69, 9.17) is 5.11 Å². The molecular formula is C19H26N4O. The molecule has 3 N–H and O–H groups in total. The topological polar surface area (TPSA) is 70.1 Å². The third-order valence-corrected chi connectivity index (χ3v) is 4.35. The highest BCUT2D eigenvalue weighted by molar-refractivity contribution is 5.65. The number of anilines is 3. The SMILES string of the molecule is CCc1cccc(C)c1Nc1cc(C2CC2)nc(NCCCO)n1. The molecule has 128 valence electrons. The van der Waals surface area contributed by atoms with E-state index in [0.29, 0.717) is 24.8 Å². The Morgan fingerprint density at radius 3 is 2.79 bits per heavy atom. The Kier molecular flexibility index (Phi) is 5.30. The molecular weight excluding hydrogens is 300 g/mol. The standard InChI is InChI=1S/C19H26N4O/c1-3-14-7-4-6-13(2)18(14)22-17-12-16(15-8-9-15)21-19(23-17)20-10-5-11-24/h4,6-7,12,15,24H,3,5,8-11H2,1-2H3,(H2,20,21,22,23). The number of hydrogen-bond acceptors (Lipinski definition) is 5. The summed E-state index contributed by atoms with van der Waals surface area (Å²) in [7, 11) is 0. The predicted molar refractivity (Wildman–Crippen MR) is 98.0 cm³/mol. The van der Waals surface area contributed by atoms with Crippen LogP contribution in [0.3, 0.4) is 0 Å². The molecule has 1 aliphatic rings. The quantitative estimate of drug-likeness (QED) is 0.644. The highest BCUT2D eigenvalue weighted by Gasteiger charge is 2.26. The number of benzene rings is 1. The van der Waals surface area contributed by atoms with E-state index >= 15 is 0 Å². The first-order valence-electron chi connectivity index (χ1n) is 8.80. The van der Waals surface area contributed by atoms with Crippen LogP contribution in [0.15, 0.2) is 24.3 Å². The molecule has 3 rings (SSSR count). The number of nitrogens with one attached hydrogen (secondary N) is 2. The molecule has 1 fully saturated rings. The van der Waals surface area contributed by atoms with Crippen molar-refractivity contribution in [2.45, 2.75) is 45.4 Å². The summed E-state index contributed by atoms with van der Waals surface area (Å²) in [4.78, 5) is 9.24. The molecule has 2 aromatic rings. The van der Waals surface area contributed by atoms with Crippen LogP contribution in [0.4, 0.5) is 17.5 Å². The molecule has 0 spiro atoms. The first-order chi connectivity index (χ1) is 11.7. The van der Waals surface area contributed by atoms with Crippen LogP contribution in [-0.2, 0) is 6.42 Å².